The van der Waals surface area contributed by atoms with Crippen LogP contribution in [0, 0.1) is 45.3 Å². The molecule has 0 radical (unpaired) electrons. The zero-order valence-electron chi connectivity index (χ0n) is 16.1. The molecule has 6 rings (SSSR count). The first-order chi connectivity index (χ1) is 11.7. The van der Waals surface area contributed by atoms with Gasteiger partial charge in [0.15, 0.2) is 0 Å². The molecule has 138 valence electrons. The van der Waals surface area contributed by atoms with Gasteiger partial charge in [-0.25, -0.2) is 0 Å². The minimum atomic E-state index is -0.520. The van der Waals surface area contributed by atoms with Crippen LogP contribution in [0.2, 0.25) is 0 Å². The Morgan fingerprint density at radius 2 is 1.80 bits per heavy atom. The van der Waals surface area contributed by atoms with E-state index in [2.05, 4.69) is 20.8 Å². The van der Waals surface area contributed by atoms with Gasteiger partial charge in [0.05, 0.1) is 5.41 Å². The third kappa shape index (κ3) is 1.74. The highest BCUT2D eigenvalue weighted by Gasteiger charge is 2.78. The van der Waals surface area contributed by atoms with E-state index >= 15 is 0 Å². The SMILES string of the molecule is CC(=O)O[C@@H]1CC[C@]2(C)C(CC[C@@]34C[C@H]5[C@@H](C[C@H]32)[C@]5(C)C4)[C@]1(C)C=O. The van der Waals surface area contributed by atoms with Crippen LogP contribution in [0.25, 0.3) is 0 Å². The number of fused-ring (bicyclic) bond motifs is 1. The maximum atomic E-state index is 12.3. The van der Waals surface area contributed by atoms with Gasteiger partial charge >= 0.3 is 5.97 Å². The molecule has 6 aliphatic carbocycles. The zero-order valence-corrected chi connectivity index (χ0v) is 16.1. The van der Waals surface area contributed by atoms with E-state index in [9.17, 15) is 9.59 Å². The summed E-state index contributed by atoms with van der Waals surface area (Å²) in [5.41, 5.74) is 0.924. The Hall–Kier alpha value is -0.860. The molecule has 6 fully saturated rings. The molecule has 1 unspecified atom stereocenters. The summed E-state index contributed by atoms with van der Waals surface area (Å²) in [6.07, 6.45) is 9.55. The molecule has 0 aromatic heterocycles. The van der Waals surface area contributed by atoms with E-state index in [1.165, 1.54) is 32.6 Å². The number of carbonyl (C=O) groups excluding carboxylic acids is 2. The van der Waals surface area contributed by atoms with Crippen molar-refractivity contribution >= 4 is 12.3 Å². The van der Waals surface area contributed by atoms with Crippen LogP contribution in [0.4, 0.5) is 0 Å². The summed E-state index contributed by atoms with van der Waals surface area (Å²) < 4.78 is 5.64. The molecule has 6 saturated carbocycles. The number of rotatable bonds is 2. The number of ether oxygens (including phenoxy) is 1. The van der Waals surface area contributed by atoms with Crippen molar-refractivity contribution in [2.75, 3.05) is 0 Å². The molecule has 4 bridgehead atoms. The van der Waals surface area contributed by atoms with Gasteiger partial charge in [-0.3, -0.25) is 4.79 Å². The van der Waals surface area contributed by atoms with Crippen LogP contribution in [0.1, 0.15) is 72.6 Å². The smallest absolute Gasteiger partial charge is 0.302 e. The molecule has 0 heterocycles. The first-order valence-electron chi connectivity index (χ1n) is 10.3. The predicted molar refractivity (Wildman–Crippen MR) is 94.7 cm³/mol. The molecule has 6 aliphatic rings. The van der Waals surface area contributed by atoms with E-state index in [-0.39, 0.29) is 17.5 Å². The van der Waals surface area contributed by atoms with Crippen molar-refractivity contribution in [2.24, 2.45) is 45.3 Å². The summed E-state index contributed by atoms with van der Waals surface area (Å²) >= 11 is 0. The van der Waals surface area contributed by atoms with Crippen LogP contribution in [0.5, 0.6) is 0 Å². The lowest BCUT2D eigenvalue weighted by atomic mass is 9.39. The van der Waals surface area contributed by atoms with E-state index in [0.717, 1.165) is 43.3 Å². The van der Waals surface area contributed by atoms with Crippen molar-refractivity contribution < 1.29 is 14.3 Å². The van der Waals surface area contributed by atoms with Gasteiger partial charge in [0.1, 0.15) is 12.4 Å². The Balaban J connectivity index is 1.51. The molecular formula is C22H32O3. The van der Waals surface area contributed by atoms with Crippen LogP contribution in [0.15, 0.2) is 0 Å². The quantitative estimate of drug-likeness (QED) is 0.551. The molecule has 3 heteroatoms. The largest absolute Gasteiger partial charge is 0.462 e. The van der Waals surface area contributed by atoms with Gasteiger partial charge in [0.25, 0.3) is 0 Å². The van der Waals surface area contributed by atoms with Crippen LogP contribution >= 0.6 is 0 Å². The van der Waals surface area contributed by atoms with Gasteiger partial charge in [0.2, 0.25) is 0 Å². The van der Waals surface area contributed by atoms with Crippen molar-refractivity contribution in [2.45, 2.75) is 78.7 Å². The zero-order chi connectivity index (χ0) is 17.8. The second-order valence-electron chi connectivity index (χ2n) is 11.0. The first-order valence-corrected chi connectivity index (χ1v) is 10.3. The molecular weight excluding hydrogens is 312 g/mol. The highest BCUT2D eigenvalue weighted by molar-refractivity contribution is 5.68. The molecule has 0 aliphatic heterocycles. The average Bonchev–Trinajstić information content (AvgIpc) is 3.00. The Labute approximate surface area is 151 Å². The molecule has 0 N–H and O–H groups in total. The second kappa shape index (κ2) is 4.51. The third-order valence-electron chi connectivity index (χ3n) is 10.1. The molecule has 1 spiro atoms. The van der Waals surface area contributed by atoms with Crippen molar-refractivity contribution in [1.82, 2.24) is 0 Å². The standard InChI is InChI=1S/C22H32O3/c1-13(24)25-18-6-7-19(2)16(21(18,4)12-23)5-8-22-10-15-14(9-17(19)22)20(15,3)11-22/h12,14-18H,5-11H2,1-4H3/t14-,15+,16?,17+,18-,19-,20+,21+,22+/m1/s1. The Kier molecular flexibility index (Phi) is 2.95. The van der Waals surface area contributed by atoms with E-state index in [1.807, 2.05) is 0 Å². The van der Waals surface area contributed by atoms with Crippen LogP contribution in [-0.2, 0) is 14.3 Å². The van der Waals surface area contributed by atoms with E-state index in [4.69, 9.17) is 4.74 Å². The molecule has 0 aromatic rings. The summed E-state index contributed by atoms with van der Waals surface area (Å²) in [5, 5.41) is 0. The van der Waals surface area contributed by atoms with Gasteiger partial charge in [-0.05, 0) is 91.8 Å². The fraction of sp³-hybridized carbons (Fsp3) is 0.909. The number of hydrogen-bond donors (Lipinski definition) is 0. The van der Waals surface area contributed by atoms with Crippen molar-refractivity contribution in [3.63, 3.8) is 0 Å². The van der Waals surface area contributed by atoms with Crippen LogP contribution in [0.3, 0.4) is 0 Å². The summed E-state index contributed by atoms with van der Waals surface area (Å²) in [6.45, 7) is 8.56. The van der Waals surface area contributed by atoms with Crippen LogP contribution < -0.4 is 0 Å². The fourth-order valence-electron chi connectivity index (χ4n) is 9.10. The molecule has 9 atom stereocenters. The van der Waals surface area contributed by atoms with Gasteiger partial charge in [-0.15, -0.1) is 0 Å². The molecule has 3 nitrogen and oxygen atoms in total. The second-order valence-corrected chi connectivity index (χ2v) is 11.0. The maximum absolute atomic E-state index is 12.3. The summed E-state index contributed by atoms with van der Waals surface area (Å²) in [7, 11) is 0. The molecule has 0 saturated heterocycles. The van der Waals surface area contributed by atoms with Gasteiger partial charge in [0, 0.05) is 6.92 Å². The topological polar surface area (TPSA) is 43.4 Å². The lowest BCUT2D eigenvalue weighted by Crippen LogP contribution is -2.62. The summed E-state index contributed by atoms with van der Waals surface area (Å²) in [6, 6.07) is 0. The normalized spacial score (nSPS) is 61.0. The maximum Gasteiger partial charge on any atom is 0.302 e. The third-order valence-corrected chi connectivity index (χ3v) is 10.1. The lowest BCUT2D eigenvalue weighted by molar-refractivity contribution is -0.203. The number of aldehydes is 1. The minimum absolute atomic E-state index is 0.236. The lowest BCUT2D eigenvalue weighted by Gasteiger charge is -2.65. The fourth-order valence-corrected chi connectivity index (χ4v) is 9.10. The number of carbonyl (C=O) groups is 2. The first kappa shape index (κ1) is 16.3. The average molecular weight is 344 g/mol. The summed E-state index contributed by atoms with van der Waals surface area (Å²) in [4.78, 5) is 23.8. The van der Waals surface area contributed by atoms with E-state index < -0.39 is 5.41 Å². The van der Waals surface area contributed by atoms with Crippen LogP contribution in [-0.4, -0.2) is 18.4 Å². The Morgan fingerprint density at radius 1 is 1.04 bits per heavy atom. The molecule has 0 amide bonds. The number of esters is 1. The highest BCUT2D eigenvalue weighted by Crippen LogP contribution is 2.85. The van der Waals surface area contributed by atoms with Gasteiger partial charge in [-0.2, -0.15) is 0 Å². The Bertz CT molecular complexity index is 658. The predicted octanol–water partition coefficient (Wildman–Crippen LogP) is 4.39. The van der Waals surface area contributed by atoms with Crippen molar-refractivity contribution in [3.8, 4) is 0 Å². The van der Waals surface area contributed by atoms with E-state index in [1.54, 1.807) is 0 Å². The Morgan fingerprint density at radius 3 is 2.40 bits per heavy atom. The number of hydrogen-bond acceptors (Lipinski definition) is 3. The van der Waals surface area contributed by atoms with Crippen molar-refractivity contribution in [3.05, 3.63) is 0 Å². The van der Waals surface area contributed by atoms with E-state index in [0.29, 0.717) is 16.7 Å². The monoisotopic (exact) mass is 344 g/mol. The minimum Gasteiger partial charge on any atom is -0.462 e. The molecule has 25 heavy (non-hydrogen) atoms. The highest BCUT2D eigenvalue weighted by atomic mass is 16.5. The summed E-state index contributed by atoms with van der Waals surface area (Å²) in [5.74, 6) is 2.83. The van der Waals surface area contributed by atoms with Gasteiger partial charge in [-0.1, -0.05) is 13.8 Å². The van der Waals surface area contributed by atoms with Crippen molar-refractivity contribution in [1.29, 1.82) is 0 Å². The van der Waals surface area contributed by atoms with Gasteiger partial charge < -0.3 is 9.53 Å². The molecule has 0 aromatic carbocycles.